The lowest BCUT2D eigenvalue weighted by Gasteiger charge is -2.37. The Morgan fingerprint density at radius 1 is 1.05 bits per heavy atom. The minimum Gasteiger partial charge on any atom is -0.327 e. The highest BCUT2D eigenvalue weighted by molar-refractivity contribution is 4.96. The number of hydrogen-bond donors (Lipinski definition) is 1. The van der Waals surface area contributed by atoms with Crippen LogP contribution in [0.2, 0.25) is 0 Å². The number of piperidine rings is 1. The molecule has 3 nitrogen and oxygen atoms in total. The molecule has 0 radical (unpaired) electrons. The van der Waals surface area contributed by atoms with E-state index in [1.165, 1.54) is 64.8 Å². The summed E-state index contributed by atoms with van der Waals surface area (Å²) < 4.78 is 0. The molecule has 0 bridgehead atoms. The van der Waals surface area contributed by atoms with E-state index < -0.39 is 0 Å². The molecule has 2 heterocycles. The number of fused-ring (bicyclic) bond motifs is 1. The van der Waals surface area contributed by atoms with Crippen LogP contribution in [0.5, 0.6) is 0 Å². The van der Waals surface area contributed by atoms with Crippen LogP contribution >= 0.6 is 0 Å². The molecule has 3 unspecified atom stereocenters. The molecule has 0 spiro atoms. The molecule has 20 heavy (non-hydrogen) atoms. The maximum atomic E-state index is 6.35. The van der Waals surface area contributed by atoms with Crippen molar-refractivity contribution in [3.05, 3.63) is 0 Å². The predicted molar refractivity (Wildman–Crippen MR) is 84.7 cm³/mol. The van der Waals surface area contributed by atoms with E-state index in [2.05, 4.69) is 23.6 Å². The van der Waals surface area contributed by atoms with Crippen molar-refractivity contribution in [3.63, 3.8) is 0 Å². The first-order chi connectivity index (χ1) is 9.63. The molecule has 2 saturated heterocycles. The SMILES string of the molecule is CC(C)CN1CCC(N2CC3CCCC(N)C3C2)CC1. The van der Waals surface area contributed by atoms with Gasteiger partial charge in [-0.1, -0.05) is 20.3 Å². The van der Waals surface area contributed by atoms with Gasteiger partial charge in [0.05, 0.1) is 0 Å². The normalized spacial score (nSPS) is 37.5. The van der Waals surface area contributed by atoms with Crippen molar-refractivity contribution in [3.8, 4) is 0 Å². The van der Waals surface area contributed by atoms with Gasteiger partial charge in [0.2, 0.25) is 0 Å². The number of rotatable bonds is 3. The van der Waals surface area contributed by atoms with Crippen molar-refractivity contribution >= 4 is 0 Å². The van der Waals surface area contributed by atoms with Crippen molar-refractivity contribution in [2.24, 2.45) is 23.5 Å². The van der Waals surface area contributed by atoms with Crippen LogP contribution in [0.3, 0.4) is 0 Å². The Morgan fingerprint density at radius 2 is 1.80 bits per heavy atom. The van der Waals surface area contributed by atoms with Gasteiger partial charge in [-0.05, 0) is 56.5 Å². The molecule has 3 fully saturated rings. The van der Waals surface area contributed by atoms with Crippen LogP contribution in [-0.4, -0.2) is 54.6 Å². The van der Waals surface area contributed by atoms with E-state index in [0.29, 0.717) is 6.04 Å². The molecule has 3 atom stereocenters. The average Bonchev–Trinajstić information content (AvgIpc) is 2.84. The molecule has 0 amide bonds. The van der Waals surface area contributed by atoms with Gasteiger partial charge in [0.1, 0.15) is 0 Å². The minimum absolute atomic E-state index is 0.486. The van der Waals surface area contributed by atoms with E-state index in [1.807, 2.05) is 0 Å². The first kappa shape index (κ1) is 14.8. The quantitative estimate of drug-likeness (QED) is 0.859. The van der Waals surface area contributed by atoms with E-state index in [0.717, 1.165) is 23.8 Å². The molecular formula is C17H33N3. The molecule has 116 valence electrons. The summed E-state index contributed by atoms with van der Waals surface area (Å²) in [6.07, 6.45) is 6.81. The van der Waals surface area contributed by atoms with E-state index in [9.17, 15) is 0 Å². The molecule has 1 saturated carbocycles. The largest absolute Gasteiger partial charge is 0.327 e. The molecule has 0 aromatic carbocycles. The van der Waals surface area contributed by atoms with Crippen LogP contribution in [0.4, 0.5) is 0 Å². The molecule has 3 heteroatoms. The van der Waals surface area contributed by atoms with Crippen molar-refractivity contribution in [1.29, 1.82) is 0 Å². The fourth-order valence-electron chi connectivity index (χ4n) is 4.83. The van der Waals surface area contributed by atoms with Crippen LogP contribution in [-0.2, 0) is 0 Å². The zero-order chi connectivity index (χ0) is 14.1. The molecule has 2 aliphatic heterocycles. The van der Waals surface area contributed by atoms with Crippen LogP contribution < -0.4 is 5.73 Å². The second-order valence-corrected chi connectivity index (χ2v) is 7.90. The van der Waals surface area contributed by atoms with Gasteiger partial charge in [0, 0.05) is 31.7 Å². The molecule has 3 rings (SSSR count). The van der Waals surface area contributed by atoms with Gasteiger partial charge in [-0.25, -0.2) is 0 Å². The van der Waals surface area contributed by atoms with Crippen molar-refractivity contribution in [1.82, 2.24) is 9.80 Å². The predicted octanol–water partition coefficient (Wildman–Crippen LogP) is 2.17. The summed E-state index contributed by atoms with van der Waals surface area (Å²) in [5, 5.41) is 0. The van der Waals surface area contributed by atoms with Gasteiger partial charge in [-0.15, -0.1) is 0 Å². The monoisotopic (exact) mass is 279 g/mol. The van der Waals surface area contributed by atoms with Crippen molar-refractivity contribution in [2.45, 2.75) is 58.0 Å². The zero-order valence-corrected chi connectivity index (χ0v) is 13.4. The molecule has 0 aromatic heterocycles. The maximum absolute atomic E-state index is 6.35. The van der Waals surface area contributed by atoms with Gasteiger partial charge < -0.3 is 10.6 Å². The Labute approximate surface area is 124 Å². The van der Waals surface area contributed by atoms with Crippen molar-refractivity contribution < 1.29 is 0 Å². The Balaban J connectivity index is 1.49. The molecule has 2 N–H and O–H groups in total. The summed E-state index contributed by atoms with van der Waals surface area (Å²) in [5.41, 5.74) is 6.35. The third-order valence-corrected chi connectivity index (χ3v) is 5.88. The van der Waals surface area contributed by atoms with E-state index in [1.54, 1.807) is 0 Å². The molecular weight excluding hydrogens is 246 g/mol. The third kappa shape index (κ3) is 3.20. The number of likely N-dealkylation sites (tertiary alicyclic amines) is 2. The number of hydrogen-bond acceptors (Lipinski definition) is 3. The van der Waals surface area contributed by atoms with E-state index in [4.69, 9.17) is 5.73 Å². The van der Waals surface area contributed by atoms with Crippen LogP contribution in [0.25, 0.3) is 0 Å². The summed E-state index contributed by atoms with van der Waals surface area (Å²) >= 11 is 0. The Hall–Kier alpha value is -0.120. The topological polar surface area (TPSA) is 32.5 Å². The molecule has 1 aliphatic carbocycles. The minimum atomic E-state index is 0.486. The lowest BCUT2D eigenvalue weighted by Crippen LogP contribution is -2.45. The summed E-state index contributed by atoms with van der Waals surface area (Å²) in [7, 11) is 0. The number of nitrogens with zero attached hydrogens (tertiary/aromatic N) is 2. The standard InChI is InChI=1S/C17H33N3/c1-13(2)10-19-8-6-15(7-9-19)20-11-14-4-3-5-17(18)16(14)12-20/h13-17H,3-12,18H2,1-2H3. The third-order valence-electron chi connectivity index (χ3n) is 5.88. The second kappa shape index (κ2) is 6.33. The van der Waals surface area contributed by atoms with Gasteiger partial charge in [0.15, 0.2) is 0 Å². The lowest BCUT2D eigenvalue weighted by atomic mass is 9.78. The van der Waals surface area contributed by atoms with E-state index >= 15 is 0 Å². The Morgan fingerprint density at radius 3 is 2.45 bits per heavy atom. The molecule has 0 aromatic rings. The summed E-state index contributed by atoms with van der Waals surface area (Å²) in [4.78, 5) is 5.46. The second-order valence-electron chi connectivity index (χ2n) is 7.90. The summed E-state index contributed by atoms with van der Waals surface area (Å²) in [6.45, 7) is 11.2. The van der Waals surface area contributed by atoms with Gasteiger partial charge >= 0.3 is 0 Å². The fraction of sp³-hybridized carbons (Fsp3) is 1.00. The summed E-state index contributed by atoms with van der Waals surface area (Å²) in [5.74, 6) is 2.52. The highest BCUT2D eigenvalue weighted by Crippen LogP contribution is 2.37. The first-order valence-electron chi connectivity index (χ1n) is 8.85. The van der Waals surface area contributed by atoms with Crippen LogP contribution in [0, 0.1) is 17.8 Å². The lowest BCUT2D eigenvalue weighted by molar-refractivity contribution is 0.114. The smallest absolute Gasteiger partial charge is 0.0120 e. The average molecular weight is 279 g/mol. The van der Waals surface area contributed by atoms with Gasteiger partial charge in [-0.3, -0.25) is 4.90 Å². The Bertz CT molecular complexity index is 309. The molecule has 3 aliphatic rings. The van der Waals surface area contributed by atoms with Gasteiger partial charge in [-0.2, -0.15) is 0 Å². The first-order valence-corrected chi connectivity index (χ1v) is 8.85. The highest BCUT2D eigenvalue weighted by atomic mass is 15.2. The zero-order valence-electron chi connectivity index (χ0n) is 13.4. The maximum Gasteiger partial charge on any atom is 0.0120 e. The fourth-order valence-corrected chi connectivity index (χ4v) is 4.83. The van der Waals surface area contributed by atoms with E-state index in [-0.39, 0.29) is 0 Å². The number of nitrogens with two attached hydrogens (primary N) is 1. The Kier molecular flexibility index (Phi) is 4.68. The van der Waals surface area contributed by atoms with Crippen molar-refractivity contribution in [2.75, 3.05) is 32.7 Å². The van der Waals surface area contributed by atoms with Crippen LogP contribution in [0.1, 0.15) is 46.0 Å². The van der Waals surface area contributed by atoms with Crippen LogP contribution in [0.15, 0.2) is 0 Å². The van der Waals surface area contributed by atoms with Gasteiger partial charge in [0.25, 0.3) is 0 Å². The summed E-state index contributed by atoms with van der Waals surface area (Å²) in [6, 6.07) is 1.33. The highest BCUT2D eigenvalue weighted by Gasteiger charge is 2.41.